The summed E-state index contributed by atoms with van der Waals surface area (Å²) < 4.78 is 5.67. The first-order valence-corrected chi connectivity index (χ1v) is 7.17. The SMILES string of the molecule is CC1CCC(Br)CN1CCC1CCCO1. The maximum absolute atomic E-state index is 5.67. The number of piperidine rings is 1. The van der Waals surface area contributed by atoms with Gasteiger partial charge in [0.25, 0.3) is 0 Å². The normalized spacial score (nSPS) is 38.4. The molecule has 2 heterocycles. The van der Waals surface area contributed by atoms with Crippen LogP contribution < -0.4 is 0 Å². The van der Waals surface area contributed by atoms with Gasteiger partial charge in [0.2, 0.25) is 0 Å². The van der Waals surface area contributed by atoms with Crippen molar-refractivity contribution < 1.29 is 4.74 Å². The molecule has 2 rings (SSSR count). The second-order valence-electron chi connectivity index (χ2n) is 4.94. The summed E-state index contributed by atoms with van der Waals surface area (Å²) in [6, 6.07) is 0.764. The van der Waals surface area contributed by atoms with Crippen molar-refractivity contribution in [1.29, 1.82) is 0 Å². The second-order valence-corrected chi connectivity index (χ2v) is 6.24. The molecule has 0 bridgehead atoms. The Morgan fingerprint density at radius 2 is 2.20 bits per heavy atom. The number of hydrogen-bond acceptors (Lipinski definition) is 2. The lowest BCUT2D eigenvalue weighted by molar-refractivity contribution is 0.0796. The van der Waals surface area contributed by atoms with Gasteiger partial charge in [0.1, 0.15) is 0 Å². The maximum Gasteiger partial charge on any atom is 0.0588 e. The van der Waals surface area contributed by atoms with Crippen LogP contribution in [0.4, 0.5) is 0 Å². The van der Waals surface area contributed by atoms with Crippen molar-refractivity contribution in [2.24, 2.45) is 0 Å². The van der Waals surface area contributed by atoms with Gasteiger partial charge in [-0.2, -0.15) is 0 Å². The van der Waals surface area contributed by atoms with Gasteiger partial charge in [-0.05, 0) is 39.0 Å². The van der Waals surface area contributed by atoms with E-state index in [1.54, 1.807) is 0 Å². The lowest BCUT2D eigenvalue weighted by Crippen LogP contribution is -2.43. The van der Waals surface area contributed by atoms with Crippen LogP contribution in [0.25, 0.3) is 0 Å². The summed E-state index contributed by atoms with van der Waals surface area (Å²) in [5, 5.41) is 0. The highest BCUT2D eigenvalue weighted by atomic mass is 79.9. The number of alkyl halides is 1. The van der Waals surface area contributed by atoms with Crippen molar-refractivity contribution in [1.82, 2.24) is 4.90 Å². The predicted molar refractivity (Wildman–Crippen MR) is 66.6 cm³/mol. The fraction of sp³-hybridized carbons (Fsp3) is 1.00. The van der Waals surface area contributed by atoms with Gasteiger partial charge >= 0.3 is 0 Å². The molecule has 3 atom stereocenters. The molecule has 0 saturated carbocycles. The van der Waals surface area contributed by atoms with Gasteiger partial charge in [-0.1, -0.05) is 15.9 Å². The molecule has 0 aromatic rings. The van der Waals surface area contributed by atoms with E-state index in [1.807, 2.05) is 0 Å². The van der Waals surface area contributed by atoms with E-state index in [1.165, 1.54) is 45.2 Å². The molecular weight excluding hydrogens is 254 g/mol. The van der Waals surface area contributed by atoms with Gasteiger partial charge < -0.3 is 4.74 Å². The highest BCUT2D eigenvalue weighted by Gasteiger charge is 2.25. The number of nitrogens with zero attached hydrogens (tertiary/aromatic N) is 1. The third-order valence-electron chi connectivity index (χ3n) is 3.72. The van der Waals surface area contributed by atoms with Crippen molar-refractivity contribution in [3.8, 4) is 0 Å². The monoisotopic (exact) mass is 275 g/mol. The lowest BCUT2D eigenvalue weighted by Gasteiger charge is -2.36. The molecule has 3 heteroatoms. The molecule has 0 aromatic carbocycles. The molecule has 2 nitrogen and oxygen atoms in total. The Morgan fingerprint density at radius 1 is 1.33 bits per heavy atom. The van der Waals surface area contributed by atoms with Crippen LogP contribution >= 0.6 is 15.9 Å². The minimum atomic E-state index is 0.549. The van der Waals surface area contributed by atoms with Gasteiger partial charge in [-0.15, -0.1) is 0 Å². The number of likely N-dealkylation sites (tertiary alicyclic amines) is 1. The van der Waals surface area contributed by atoms with E-state index in [2.05, 4.69) is 27.8 Å². The topological polar surface area (TPSA) is 12.5 Å². The van der Waals surface area contributed by atoms with Crippen LogP contribution in [0.5, 0.6) is 0 Å². The summed E-state index contributed by atoms with van der Waals surface area (Å²) >= 11 is 3.74. The average molecular weight is 276 g/mol. The fourth-order valence-corrected chi connectivity index (χ4v) is 3.26. The molecule has 0 aromatic heterocycles. The molecule has 2 aliphatic rings. The van der Waals surface area contributed by atoms with E-state index in [-0.39, 0.29) is 0 Å². The molecule has 3 unspecified atom stereocenters. The van der Waals surface area contributed by atoms with Crippen LogP contribution in [0.2, 0.25) is 0 Å². The second kappa shape index (κ2) is 5.65. The highest BCUT2D eigenvalue weighted by molar-refractivity contribution is 9.09. The summed E-state index contributed by atoms with van der Waals surface area (Å²) in [6.07, 6.45) is 6.98. The molecule has 0 aliphatic carbocycles. The van der Waals surface area contributed by atoms with Crippen LogP contribution in [0.3, 0.4) is 0 Å². The van der Waals surface area contributed by atoms with Crippen molar-refractivity contribution in [3.63, 3.8) is 0 Å². The Labute approximate surface area is 101 Å². The first-order chi connectivity index (χ1) is 7.25. The van der Waals surface area contributed by atoms with E-state index in [9.17, 15) is 0 Å². The van der Waals surface area contributed by atoms with Crippen molar-refractivity contribution in [3.05, 3.63) is 0 Å². The van der Waals surface area contributed by atoms with Crippen molar-refractivity contribution in [2.75, 3.05) is 19.7 Å². The molecule has 0 amide bonds. The standard InChI is InChI=1S/C12H22BrNO/c1-10-4-5-11(13)9-14(10)7-6-12-3-2-8-15-12/h10-12H,2-9H2,1H3. The van der Waals surface area contributed by atoms with Crippen molar-refractivity contribution >= 4 is 15.9 Å². The molecule has 0 N–H and O–H groups in total. The number of hydrogen-bond donors (Lipinski definition) is 0. The Hall–Kier alpha value is 0.400. The highest BCUT2D eigenvalue weighted by Crippen LogP contribution is 2.23. The number of halogens is 1. The largest absolute Gasteiger partial charge is 0.378 e. The molecule has 88 valence electrons. The first-order valence-electron chi connectivity index (χ1n) is 6.25. The zero-order valence-corrected chi connectivity index (χ0v) is 11.2. The van der Waals surface area contributed by atoms with E-state index < -0.39 is 0 Å². The lowest BCUT2D eigenvalue weighted by atomic mass is 10.0. The minimum Gasteiger partial charge on any atom is -0.378 e. The molecule has 2 fully saturated rings. The third kappa shape index (κ3) is 3.43. The fourth-order valence-electron chi connectivity index (χ4n) is 2.62. The summed E-state index contributed by atoms with van der Waals surface area (Å²) in [5.74, 6) is 0. The van der Waals surface area contributed by atoms with Crippen molar-refractivity contribution in [2.45, 2.75) is 56.0 Å². The van der Waals surface area contributed by atoms with Crippen LogP contribution in [-0.4, -0.2) is 41.6 Å². The molecule has 2 aliphatic heterocycles. The van der Waals surface area contributed by atoms with E-state index in [0.29, 0.717) is 10.9 Å². The molecular formula is C12H22BrNO. The van der Waals surface area contributed by atoms with Crippen LogP contribution in [0.1, 0.15) is 39.0 Å². The predicted octanol–water partition coefficient (Wildman–Crippen LogP) is 2.80. The quantitative estimate of drug-likeness (QED) is 0.735. The zero-order valence-electron chi connectivity index (χ0n) is 9.62. The van der Waals surface area contributed by atoms with Gasteiger partial charge in [0.15, 0.2) is 0 Å². The van der Waals surface area contributed by atoms with Gasteiger partial charge in [-0.3, -0.25) is 4.90 Å². The van der Waals surface area contributed by atoms with E-state index in [0.717, 1.165) is 12.6 Å². The molecule has 0 spiro atoms. The molecule has 15 heavy (non-hydrogen) atoms. The Bertz CT molecular complexity index is 194. The Kier molecular flexibility index (Phi) is 4.47. The van der Waals surface area contributed by atoms with Gasteiger partial charge in [0, 0.05) is 30.6 Å². The first kappa shape index (κ1) is 11.9. The van der Waals surface area contributed by atoms with Crippen LogP contribution in [-0.2, 0) is 4.74 Å². The Balaban J connectivity index is 1.72. The molecule has 0 radical (unpaired) electrons. The summed E-state index contributed by atoms with van der Waals surface area (Å²) in [4.78, 5) is 3.32. The number of ether oxygens (including phenoxy) is 1. The maximum atomic E-state index is 5.67. The zero-order chi connectivity index (χ0) is 10.7. The third-order valence-corrected chi connectivity index (χ3v) is 4.46. The summed E-state index contributed by atoms with van der Waals surface area (Å²) in [6.45, 7) is 5.78. The smallest absolute Gasteiger partial charge is 0.0588 e. The minimum absolute atomic E-state index is 0.549. The van der Waals surface area contributed by atoms with Crippen LogP contribution in [0, 0.1) is 0 Å². The van der Waals surface area contributed by atoms with E-state index in [4.69, 9.17) is 4.74 Å². The Morgan fingerprint density at radius 3 is 2.93 bits per heavy atom. The average Bonchev–Trinajstić information content (AvgIpc) is 2.72. The summed E-state index contributed by atoms with van der Waals surface area (Å²) in [7, 11) is 0. The van der Waals surface area contributed by atoms with Gasteiger partial charge in [0.05, 0.1) is 6.10 Å². The molecule has 2 saturated heterocycles. The van der Waals surface area contributed by atoms with E-state index >= 15 is 0 Å². The number of rotatable bonds is 3. The van der Waals surface area contributed by atoms with Gasteiger partial charge in [-0.25, -0.2) is 0 Å². The van der Waals surface area contributed by atoms with Crippen LogP contribution in [0.15, 0.2) is 0 Å². The summed E-state index contributed by atoms with van der Waals surface area (Å²) in [5.41, 5.74) is 0.